The molecule has 0 radical (unpaired) electrons. The van der Waals surface area contributed by atoms with Crippen molar-refractivity contribution in [1.82, 2.24) is 10.3 Å². The maximum atomic E-state index is 11.7. The number of hydrogen-bond donors (Lipinski definition) is 3. The molecule has 0 saturated carbocycles. The van der Waals surface area contributed by atoms with Gasteiger partial charge in [-0.05, 0) is 18.1 Å². The van der Waals surface area contributed by atoms with E-state index in [1.54, 1.807) is 0 Å². The van der Waals surface area contributed by atoms with Crippen molar-refractivity contribution in [3.63, 3.8) is 0 Å². The van der Waals surface area contributed by atoms with Crippen molar-refractivity contribution >= 4 is 17.7 Å². The number of hydrogen-bond acceptors (Lipinski definition) is 6. The van der Waals surface area contributed by atoms with Crippen molar-refractivity contribution < 1.29 is 24.5 Å². The van der Waals surface area contributed by atoms with Crippen LogP contribution in [0.4, 0.5) is 4.79 Å². The van der Waals surface area contributed by atoms with Crippen molar-refractivity contribution in [2.75, 3.05) is 13.7 Å². The lowest BCUT2D eigenvalue weighted by molar-refractivity contribution is 0.0120. The summed E-state index contributed by atoms with van der Waals surface area (Å²) in [6.45, 7) is 0.283. The zero-order valence-electron chi connectivity index (χ0n) is 14.3. The third-order valence-corrected chi connectivity index (χ3v) is 3.85. The quantitative estimate of drug-likeness (QED) is 0.650. The van der Waals surface area contributed by atoms with Gasteiger partial charge < -0.3 is 25.0 Å². The van der Waals surface area contributed by atoms with Crippen LogP contribution in [0.3, 0.4) is 0 Å². The Morgan fingerprint density at radius 3 is 2.73 bits per heavy atom. The first kappa shape index (κ1) is 20.0. The summed E-state index contributed by atoms with van der Waals surface area (Å²) in [5.41, 5.74) is 1.15. The first-order valence-electron chi connectivity index (χ1n) is 8.01. The number of methoxy groups -OCH3 is 1. The van der Waals surface area contributed by atoms with Crippen LogP contribution < -0.4 is 10.1 Å². The molecule has 0 spiro atoms. The number of ether oxygens (including phenoxy) is 2. The van der Waals surface area contributed by atoms with Gasteiger partial charge in [-0.25, -0.2) is 9.78 Å². The number of aliphatic hydroxyl groups excluding tert-OH is 2. The van der Waals surface area contributed by atoms with E-state index in [4.69, 9.17) is 21.1 Å². The lowest BCUT2D eigenvalue weighted by Crippen LogP contribution is -2.30. The predicted octanol–water partition coefficient (Wildman–Crippen LogP) is 2.45. The maximum Gasteiger partial charge on any atom is 0.407 e. The Balaban J connectivity index is 1.78. The molecule has 140 valence electrons. The fourth-order valence-corrected chi connectivity index (χ4v) is 2.45. The topological polar surface area (TPSA) is 101 Å². The van der Waals surface area contributed by atoms with E-state index in [1.165, 1.54) is 19.4 Å². The van der Waals surface area contributed by atoms with E-state index in [0.29, 0.717) is 5.02 Å². The van der Waals surface area contributed by atoms with Gasteiger partial charge in [0, 0.05) is 18.3 Å². The van der Waals surface area contributed by atoms with Gasteiger partial charge >= 0.3 is 6.09 Å². The Morgan fingerprint density at radius 1 is 1.31 bits per heavy atom. The van der Waals surface area contributed by atoms with E-state index in [0.717, 1.165) is 5.56 Å². The number of carbonyl (C=O) groups excluding carboxylic acids is 1. The van der Waals surface area contributed by atoms with Crippen LogP contribution >= 0.6 is 11.6 Å². The van der Waals surface area contributed by atoms with Gasteiger partial charge in [0.15, 0.2) is 0 Å². The SMILES string of the molecule is COc1ncc(Cl)cc1C(O)C(O)CCNC(=O)OCc1ccccc1. The van der Waals surface area contributed by atoms with Gasteiger partial charge in [-0.2, -0.15) is 0 Å². The Labute approximate surface area is 156 Å². The van der Waals surface area contributed by atoms with E-state index >= 15 is 0 Å². The van der Waals surface area contributed by atoms with E-state index < -0.39 is 18.3 Å². The normalized spacial score (nSPS) is 12.9. The van der Waals surface area contributed by atoms with Crippen LogP contribution in [-0.2, 0) is 11.3 Å². The lowest BCUT2D eigenvalue weighted by Gasteiger charge is -2.20. The van der Waals surface area contributed by atoms with Crippen molar-refractivity contribution in [2.24, 2.45) is 0 Å². The fraction of sp³-hybridized carbons (Fsp3) is 0.333. The third kappa shape index (κ3) is 5.87. The van der Waals surface area contributed by atoms with Crippen LogP contribution in [0.2, 0.25) is 5.02 Å². The summed E-state index contributed by atoms with van der Waals surface area (Å²) in [5, 5.41) is 23.2. The molecular formula is C18H21ClN2O5. The van der Waals surface area contributed by atoms with Gasteiger partial charge in [0.25, 0.3) is 0 Å². The zero-order valence-corrected chi connectivity index (χ0v) is 15.0. The van der Waals surface area contributed by atoms with Gasteiger partial charge in [0.05, 0.1) is 18.2 Å². The second kappa shape index (κ2) is 9.96. The van der Waals surface area contributed by atoms with Crippen LogP contribution in [0.5, 0.6) is 5.88 Å². The molecule has 2 atom stereocenters. The number of aliphatic hydroxyl groups is 2. The summed E-state index contributed by atoms with van der Waals surface area (Å²) in [5.74, 6) is 0.177. The summed E-state index contributed by atoms with van der Waals surface area (Å²) >= 11 is 5.87. The van der Waals surface area contributed by atoms with Gasteiger partial charge in [0.2, 0.25) is 5.88 Å². The summed E-state index contributed by atoms with van der Waals surface area (Å²) in [7, 11) is 1.41. The number of nitrogens with one attached hydrogen (secondary N) is 1. The molecule has 1 aromatic heterocycles. The smallest absolute Gasteiger partial charge is 0.407 e. The third-order valence-electron chi connectivity index (χ3n) is 3.64. The molecule has 0 saturated heterocycles. The number of aromatic nitrogens is 1. The van der Waals surface area contributed by atoms with Crippen molar-refractivity contribution in [3.05, 3.63) is 58.7 Å². The summed E-state index contributed by atoms with van der Waals surface area (Å²) < 4.78 is 10.1. The Morgan fingerprint density at radius 2 is 2.04 bits per heavy atom. The molecule has 26 heavy (non-hydrogen) atoms. The van der Waals surface area contributed by atoms with Gasteiger partial charge in [-0.15, -0.1) is 0 Å². The van der Waals surface area contributed by atoms with E-state index in [2.05, 4.69) is 10.3 Å². The van der Waals surface area contributed by atoms with Gasteiger partial charge in [-0.3, -0.25) is 0 Å². The molecule has 1 amide bonds. The molecule has 0 aliphatic carbocycles. The monoisotopic (exact) mass is 380 g/mol. The van der Waals surface area contributed by atoms with Gasteiger partial charge in [-0.1, -0.05) is 41.9 Å². The number of nitrogens with zero attached hydrogens (tertiary/aromatic N) is 1. The first-order chi connectivity index (χ1) is 12.5. The average molecular weight is 381 g/mol. The molecule has 8 heteroatoms. The van der Waals surface area contributed by atoms with Crippen molar-refractivity contribution in [2.45, 2.75) is 25.2 Å². The van der Waals surface area contributed by atoms with Crippen molar-refractivity contribution in [1.29, 1.82) is 0 Å². The molecule has 1 aromatic carbocycles. The highest BCUT2D eigenvalue weighted by Crippen LogP contribution is 2.28. The molecule has 7 nitrogen and oxygen atoms in total. The average Bonchev–Trinajstić information content (AvgIpc) is 2.66. The highest BCUT2D eigenvalue weighted by molar-refractivity contribution is 6.30. The molecule has 0 aliphatic heterocycles. The number of carbonyl (C=O) groups is 1. The molecule has 2 aromatic rings. The molecule has 2 rings (SSSR count). The number of benzene rings is 1. The van der Waals surface area contributed by atoms with E-state index in [9.17, 15) is 15.0 Å². The summed E-state index contributed by atoms with van der Waals surface area (Å²) in [6, 6.07) is 10.8. The van der Waals surface area contributed by atoms with Crippen LogP contribution in [0.25, 0.3) is 0 Å². The Kier molecular flexibility index (Phi) is 7.65. The van der Waals surface area contributed by atoms with Crippen LogP contribution in [0, 0.1) is 0 Å². The lowest BCUT2D eigenvalue weighted by atomic mass is 10.0. The number of alkyl carbamates (subject to hydrolysis) is 1. The second-order valence-corrected chi connectivity index (χ2v) is 5.98. The number of pyridine rings is 1. The highest BCUT2D eigenvalue weighted by atomic mass is 35.5. The first-order valence-corrected chi connectivity index (χ1v) is 8.39. The van der Waals surface area contributed by atoms with Crippen molar-refractivity contribution in [3.8, 4) is 5.88 Å². The minimum absolute atomic E-state index is 0.108. The van der Waals surface area contributed by atoms with Crippen LogP contribution in [-0.4, -0.2) is 41.0 Å². The van der Waals surface area contributed by atoms with E-state index in [1.807, 2.05) is 30.3 Å². The molecule has 0 fully saturated rings. The van der Waals surface area contributed by atoms with Crippen LogP contribution in [0.15, 0.2) is 42.6 Å². The minimum atomic E-state index is -1.25. The zero-order chi connectivity index (χ0) is 18.9. The maximum absolute atomic E-state index is 11.7. The molecule has 3 N–H and O–H groups in total. The van der Waals surface area contributed by atoms with Gasteiger partial charge in [0.1, 0.15) is 12.7 Å². The predicted molar refractivity (Wildman–Crippen MR) is 96.0 cm³/mol. The second-order valence-electron chi connectivity index (χ2n) is 5.54. The largest absolute Gasteiger partial charge is 0.481 e. The number of halogens is 1. The number of rotatable bonds is 8. The Bertz CT molecular complexity index is 714. The molecular weight excluding hydrogens is 360 g/mol. The molecule has 0 bridgehead atoms. The summed E-state index contributed by atoms with van der Waals surface area (Å²) in [4.78, 5) is 15.6. The molecule has 1 heterocycles. The van der Waals surface area contributed by atoms with E-state index in [-0.39, 0.29) is 31.0 Å². The standard InChI is InChI=1S/C18H21ClN2O5/c1-25-17-14(9-13(19)10-21-17)16(23)15(22)7-8-20-18(24)26-11-12-5-3-2-4-6-12/h2-6,9-10,15-16,22-23H,7-8,11H2,1H3,(H,20,24). The van der Waals surface area contributed by atoms with Crippen LogP contribution in [0.1, 0.15) is 23.7 Å². The minimum Gasteiger partial charge on any atom is -0.481 e. The fourth-order valence-electron chi connectivity index (χ4n) is 2.29. The molecule has 2 unspecified atom stereocenters. The Hall–Kier alpha value is -2.35. The highest BCUT2D eigenvalue weighted by Gasteiger charge is 2.23. The number of amides is 1. The molecule has 0 aliphatic rings. The summed E-state index contributed by atoms with van der Waals surface area (Å²) in [6.07, 6.45) is -1.50.